The van der Waals surface area contributed by atoms with Crippen molar-refractivity contribution in [2.45, 2.75) is 6.42 Å². The highest BCUT2D eigenvalue weighted by molar-refractivity contribution is 7.81. The van der Waals surface area contributed by atoms with Crippen molar-refractivity contribution >= 4 is 62.4 Å². The molecule has 0 bridgehead atoms. The quantitative estimate of drug-likeness (QED) is 0.663. The molecule has 1 aromatic carbocycles. The first kappa shape index (κ1) is 20.7. The molecular weight excluding hydrogens is 426 g/mol. The summed E-state index contributed by atoms with van der Waals surface area (Å²) in [6.45, 7) is 1.03. The number of anilines is 3. The predicted molar refractivity (Wildman–Crippen MR) is 108 cm³/mol. The van der Waals surface area contributed by atoms with Gasteiger partial charge in [0.1, 0.15) is 11.6 Å². The molecule has 1 aliphatic heterocycles. The van der Waals surface area contributed by atoms with Crippen LogP contribution in [0.15, 0.2) is 36.4 Å². The third-order valence-corrected chi connectivity index (χ3v) is 6.08. The first-order chi connectivity index (χ1) is 13.4. The second-order valence-corrected chi connectivity index (χ2v) is 8.41. The molecular formula is C17H17ClN3O5S2-. The topological polar surface area (TPSA) is 102 Å². The van der Waals surface area contributed by atoms with Crippen molar-refractivity contribution in [2.24, 2.45) is 0 Å². The lowest BCUT2D eigenvalue weighted by Gasteiger charge is -2.27. The first-order valence-corrected chi connectivity index (χ1v) is 10.6. The Morgan fingerprint density at radius 2 is 2.07 bits per heavy atom. The lowest BCUT2D eigenvalue weighted by Crippen LogP contribution is -2.41. The molecule has 1 atom stereocenters. The molecule has 2 aromatic rings. The summed E-state index contributed by atoms with van der Waals surface area (Å²) in [6, 6.07) is 10.1. The Balaban J connectivity index is 1.55. The van der Waals surface area contributed by atoms with Crippen molar-refractivity contribution in [1.29, 1.82) is 0 Å². The number of ether oxygens (including phenoxy) is 1. The van der Waals surface area contributed by atoms with Gasteiger partial charge < -0.3 is 19.5 Å². The van der Waals surface area contributed by atoms with Gasteiger partial charge in [0, 0.05) is 42.2 Å². The zero-order valence-corrected chi connectivity index (χ0v) is 17.0. The largest absolute Gasteiger partial charge is 0.755 e. The van der Waals surface area contributed by atoms with Crippen molar-refractivity contribution in [3.05, 3.63) is 40.7 Å². The number of halogens is 1. The Morgan fingerprint density at radius 1 is 1.32 bits per heavy atom. The standard InChI is InChI=1S/C17H18ClN3O5S2/c18-14-5-6-17(27-14)21(28(24)25)8-7-15(22)19-12-1-3-13(4-2-12)20-9-10-26-11-16(20)23/h1-6H,7-11H2,(H,19,22)(H,24,25)/p-1. The number of nitrogens with one attached hydrogen (secondary N) is 1. The Bertz CT molecular complexity index is 874. The van der Waals surface area contributed by atoms with Crippen molar-refractivity contribution in [3.8, 4) is 0 Å². The van der Waals surface area contributed by atoms with Gasteiger partial charge in [-0.2, -0.15) is 0 Å². The summed E-state index contributed by atoms with van der Waals surface area (Å²) in [5.74, 6) is -0.435. The zero-order valence-electron chi connectivity index (χ0n) is 14.6. The molecule has 11 heteroatoms. The zero-order chi connectivity index (χ0) is 20.1. The normalized spacial score (nSPS) is 15.4. The monoisotopic (exact) mass is 442 g/mol. The van der Waals surface area contributed by atoms with E-state index in [2.05, 4.69) is 5.32 Å². The molecule has 1 saturated heterocycles. The van der Waals surface area contributed by atoms with Gasteiger partial charge in [0.15, 0.2) is 0 Å². The van der Waals surface area contributed by atoms with Gasteiger partial charge in [-0.3, -0.25) is 18.1 Å². The summed E-state index contributed by atoms with van der Waals surface area (Å²) in [6.07, 6.45) is -0.0206. The van der Waals surface area contributed by atoms with Gasteiger partial charge in [-0.25, -0.2) is 0 Å². The minimum atomic E-state index is -2.51. The minimum absolute atomic E-state index is 0.000843. The molecule has 1 unspecified atom stereocenters. The van der Waals surface area contributed by atoms with E-state index in [1.807, 2.05) is 0 Å². The van der Waals surface area contributed by atoms with Gasteiger partial charge in [-0.15, -0.1) is 11.3 Å². The van der Waals surface area contributed by atoms with Crippen LogP contribution in [0.4, 0.5) is 16.4 Å². The van der Waals surface area contributed by atoms with Crippen LogP contribution in [0, 0.1) is 0 Å². The molecule has 0 aliphatic carbocycles. The number of rotatable bonds is 7. The SMILES string of the molecule is O=C(CCN(c1ccc(Cl)s1)S(=O)[O-])Nc1ccc(N2CCOCC2=O)cc1. The third kappa shape index (κ3) is 5.30. The summed E-state index contributed by atoms with van der Waals surface area (Å²) in [4.78, 5) is 25.6. The Labute approximate surface area is 173 Å². The molecule has 1 aliphatic rings. The van der Waals surface area contributed by atoms with Gasteiger partial charge in [-0.05, 0) is 36.4 Å². The maximum atomic E-state index is 12.2. The second kappa shape index (κ2) is 9.48. The van der Waals surface area contributed by atoms with E-state index in [9.17, 15) is 18.4 Å². The number of nitrogens with zero attached hydrogens (tertiary/aromatic N) is 2. The molecule has 1 fully saturated rings. The highest BCUT2D eigenvalue weighted by Crippen LogP contribution is 2.30. The van der Waals surface area contributed by atoms with Gasteiger partial charge in [0.05, 0.1) is 10.9 Å². The number of morpholine rings is 1. The number of benzene rings is 1. The van der Waals surface area contributed by atoms with Gasteiger partial charge in [-0.1, -0.05) is 11.6 Å². The molecule has 2 heterocycles. The molecule has 2 amide bonds. The van der Waals surface area contributed by atoms with E-state index in [-0.39, 0.29) is 31.4 Å². The number of hydrogen-bond donors (Lipinski definition) is 1. The van der Waals surface area contributed by atoms with Crippen LogP contribution in [0.1, 0.15) is 6.42 Å². The molecule has 0 saturated carbocycles. The molecule has 1 aromatic heterocycles. The second-order valence-electron chi connectivity index (χ2n) is 5.84. The van der Waals surface area contributed by atoms with Gasteiger partial charge >= 0.3 is 0 Å². The Morgan fingerprint density at radius 3 is 2.68 bits per heavy atom. The molecule has 150 valence electrons. The molecule has 3 rings (SSSR count). The molecule has 0 radical (unpaired) electrons. The highest BCUT2D eigenvalue weighted by Gasteiger charge is 2.20. The number of carbonyl (C=O) groups excluding carboxylic acids is 2. The fourth-order valence-corrected chi connectivity index (χ4v) is 4.35. The minimum Gasteiger partial charge on any atom is -0.755 e. The summed E-state index contributed by atoms with van der Waals surface area (Å²) < 4.78 is 29.5. The van der Waals surface area contributed by atoms with Crippen molar-refractivity contribution in [1.82, 2.24) is 0 Å². The smallest absolute Gasteiger partial charge is 0.253 e. The lowest BCUT2D eigenvalue weighted by atomic mass is 10.2. The molecule has 28 heavy (non-hydrogen) atoms. The van der Waals surface area contributed by atoms with E-state index in [0.29, 0.717) is 28.2 Å². The average molecular weight is 443 g/mol. The van der Waals surface area contributed by atoms with Crippen LogP contribution in [-0.2, 0) is 25.6 Å². The lowest BCUT2D eigenvalue weighted by molar-refractivity contribution is -0.125. The first-order valence-electron chi connectivity index (χ1n) is 8.34. The van der Waals surface area contributed by atoms with E-state index in [4.69, 9.17) is 16.3 Å². The van der Waals surface area contributed by atoms with Crippen LogP contribution in [-0.4, -0.2) is 46.9 Å². The van der Waals surface area contributed by atoms with Crippen molar-refractivity contribution in [2.75, 3.05) is 40.8 Å². The number of amides is 2. The van der Waals surface area contributed by atoms with E-state index < -0.39 is 11.3 Å². The maximum absolute atomic E-state index is 12.2. The van der Waals surface area contributed by atoms with E-state index in [1.54, 1.807) is 41.3 Å². The average Bonchev–Trinajstić information content (AvgIpc) is 3.09. The van der Waals surface area contributed by atoms with Crippen molar-refractivity contribution in [3.63, 3.8) is 0 Å². The van der Waals surface area contributed by atoms with Crippen molar-refractivity contribution < 1.29 is 23.1 Å². The molecule has 8 nitrogen and oxygen atoms in total. The van der Waals surface area contributed by atoms with Crippen LogP contribution in [0.2, 0.25) is 4.34 Å². The molecule has 0 spiro atoms. The summed E-state index contributed by atoms with van der Waals surface area (Å²) in [5, 5.41) is 3.17. The summed E-state index contributed by atoms with van der Waals surface area (Å²) >= 11 is 4.45. The van der Waals surface area contributed by atoms with Crippen LogP contribution in [0.25, 0.3) is 0 Å². The molecule has 1 N–H and O–H groups in total. The van der Waals surface area contributed by atoms with Crippen LogP contribution in [0.3, 0.4) is 0 Å². The number of hydrogen-bond acceptors (Lipinski definition) is 6. The highest BCUT2D eigenvalue weighted by atomic mass is 35.5. The summed E-state index contributed by atoms with van der Waals surface area (Å²) in [7, 11) is 0. The van der Waals surface area contributed by atoms with Gasteiger partial charge in [0.25, 0.3) is 5.91 Å². The van der Waals surface area contributed by atoms with E-state index >= 15 is 0 Å². The van der Waals surface area contributed by atoms with Crippen LogP contribution >= 0.6 is 22.9 Å². The Hall–Kier alpha value is -1.98. The third-order valence-electron chi connectivity index (χ3n) is 3.98. The Kier molecular flexibility index (Phi) is 7.03. The van der Waals surface area contributed by atoms with Crippen LogP contribution in [0.5, 0.6) is 0 Å². The predicted octanol–water partition coefficient (Wildman–Crippen LogP) is 2.39. The summed E-state index contributed by atoms with van der Waals surface area (Å²) in [5.41, 5.74) is 1.29. The van der Waals surface area contributed by atoms with Gasteiger partial charge in [0.2, 0.25) is 5.91 Å². The van der Waals surface area contributed by atoms with E-state index in [0.717, 1.165) is 21.3 Å². The number of thiophene rings is 1. The van der Waals surface area contributed by atoms with E-state index in [1.165, 1.54) is 0 Å². The number of carbonyl (C=O) groups is 2. The maximum Gasteiger partial charge on any atom is 0.253 e. The fourth-order valence-electron chi connectivity index (χ4n) is 2.64. The fraction of sp³-hybridized carbons (Fsp3) is 0.294. The van der Waals surface area contributed by atoms with Crippen LogP contribution < -0.4 is 14.5 Å².